The summed E-state index contributed by atoms with van der Waals surface area (Å²) < 4.78 is 7.74. The second kappa shape index (κ2) is 10.6. The summed E-state index contributed by atoms with van der Waals surface area (Å²) in [6.07, 6.45) is 0. The summed E-state index contributed by atoms with van der Waals surface area (Å²) in [7, 11) is 0. The Morgan fingerprint density at radius 3 is 2.63 bits per heavy atom. The van der Waals surface area contributed by atoms with Crippen molar-refractivity contribution in [2.24, 2.45) is 0 Å². The predicted octanol–water partition coefficient (Wildman–Crippen LogP) is 5.03. The minimum atomic E-state index is -0.638. The van der Waals surface area contributed by atoms with Gasteiger partial charge in [0.05, 0.1) is 22.9 Å². The van der Waals surface area contributed by atoms with Crippen LogP contribution in [0.3, 0.4) is 0 Å². The van der Waals surface area contributed by atoms with Gasteiger partial charge < -0.3 is 15.4 Å². The molecule has 11 heteroatoms. The number of anilines is 1. The third kappa shape index (κ3) is 5.72. The fourth-order valence-electron chi connectivity index (χ4n) is 3.33. The Balaban J connectivity index is 1.34. The van der Waals surface area contributed by atoms with Crippen LogP contribution in [-0.4, -0.2) is 40.7 Å². The van der Waals surface area contributed by atoms with Crippen LogP contribution in [0.2, 0.25) is 5.02 Å². The Bertz CT molecular complexity index is 1450. The Kier molecular flexibility index (Phi) is 7.54. The smallest absolute Gasteiger partial charge is 0.348 e. The first-order chi connectivity index (χ1) is 16.7. The number of amides is 2. The number of para-hydroxylation sites is 1. The molecule has 2 N–H and O–H groups in total. The van der Waals surface area contributed by atoms with E-state index in [0.29, 0.717) is 21.3 Å². The quantitative estimate of drug-likeness (QED) is 0.301. The van der Waals surface area contributed by atoms with E-state index >= 15 is 0 Å². The van der Waals surface area contributed by atoms with Crippen molar-refractivity contribution in [3.8, 4) is 5.69 Å². The molecule has 0 unspecified atom stereocenters. The number of nitrogens with one attached hydrogen (secondary N) is 2. The average molecular weight is 576 g/mol. The molecule has 8 nitrogen and oxygen atoms in total. The van der Waals surface area contributed by atoms with Gasteiger partial charge in [-0.05, 0) is 55.8 Å². The normalized spacial score (nSPS) is 10.9. The first-order valence-corrected chi connectivity index (χ1v) is 12.5. The number of hydrogen-bond acceptors (Lipinski definition) is 6. The number of aryl methyl sites for hydroxylation is 2. The molecule has 4 rings (SSSR count). The third-order valence-electron chi connectivity index (χ3n) is 5.07. The largest absolute Gasteiger partial charge is 0.451 e. The fourth-order valence-corrected chi connectivity index (χ4v) is 5.09. The topological polar surface area (TPSA) is 102 Å². The summed E-state index contributed by atoms with van der Waals surface area (Å²) in [4.78, 5) is 37.9. The van der Waals surface area contributed by atoms with Gasteiger partial charge in [-0.1, -0.05) is 39.7 Å². The zero-order chi connectivity index (χ0) is 25.1. The number of aromatic nitrogens is 2. The van der Waals surface area contributed by atoms with Gasteiger partial charge in [-0.25, -0.2) is 9.48 Å². The van der Waals surface area contributed by atoms with E-state index in [1.807, 2.05) is 44.2 Å². The summed E-state index contributed by atoms with van der Waals surface area (Å²) in [6.45, 7) is 2.95. The lowest BCUT2D eigenvalue weighted by molar-refractivity contribution is -0.126. The molecular formula is C24H20BrClN4O4S. The first-order valence-electron chi connectivity index (χ1n) is 10.5. The number of carbonyl (C=O) groups excluding carboxylic acids is 3. The minimum Gasteiger partial charge on any atom is -0.451 e. The molecule has 0 atom stereocenters. The number of nitrogens with zero attached hydrogens (tertiary/aromatic N) is 2. The molecule has 2 heterocycles. The molecule has 0 saturated carbocycles. The molecule has 2 aromatic heterocycles. The molecule has 0 saturated heterocycles. The fraction of sp³-hybridized carbons (Fsp3) is 0.167. The van der Waals surface area contributed by atoms with Crippen molar-refractivity contribution < 1.29 is 19.1 Å². The van der Waals surface area contributed by atoms with Crippen molar-refractivity contribution in [1.82, 2.24) is 15.1 Å². The monoisotopic (exact) mass is 574 g/mol. The van der Waals surface area contributed by atoms with Crippen LogP contribution in [0.25, 0.3) is 15.9 Å². The summed E-state index contributed by atoms with van der Waals surface area (Å²) in [5.41, 5.74) is 2.96. The number of esters is 1. The third-order valence-corrected chi connectivity index (χ3v) is 6.97. The summed E-state index contributed by atoms with van der Waals surface area (Å²) in [5, 5.41) is 11.0. The number of benzene rings is 2. The highest BCUT2D eigenvalue weighted by molar-refractivity contribution is 9.10. The van der Waals surface area contributed by atoms with E-state index in [4.69, 9.17) is 16.3 Å². The molecule has 0 bridgehead atoms. The van der Waals surface area contributed by atoms with Crippen molar-refractivity contribution in [2.45, 2.75) is 13.8 Å². The molecular weight excluding hydrogens is 556 g/mol. The highest BCUT2D eigenvalue weighted by Gasteiger charge is 2.20. The van der Waals surface area contributed by atoms with Crippen LogP contribution >= 0.6 is 38.9 Å². The number of halogens is 2. The molecule has 180 valence electrons. The van der Waals surface area contributed by atoms with Gasteiger partial charge in [0.15, 0.2) is 6.61 Å². The molecule has 0 aliphatic heterocycles. The van der Waals surface area contributed by atoms with E-state index in [0.717, 1.165) is 25.9 Å². The van der Waals surface area contributed by atoms with Gasteiger partial charge in [-0.15, -0.1) is 11.3 Å². The zero-order valence-electron chi connectivity index (χ0n) is 18.7. The van der Waals surface area contributed by atoms with Crippen LogP contribution in [0.4, 0.5) is 5.69 Å². The van der Waals surface area contributed by atoms with Gasteiger partial charge in [-0.2, -0.15) is 5.10 Å². The van der Waals surface area contributed by atoms with Crippen LogP contribution in [0.15, 0.2) is 53.0 Å². The van der Waals surface area contributed by atoms with Gasteiger partial charge in [0.1, 0.15) is 9.71 Å². The predicted molar refractivity (Wildman–Crippen MR) is 139 cm³/mol. The van der Waals surface area contributed by atoms with E-state index in [1.54, 1.807) is 22.9 Å². The SMILES string of the molecule is Cc1cc(Br)ccc1NC(=O)CNC(=O)COC(=O)c1cc2c(C)nn(-c3ccccc3Cl)c2s1. The number of carbonyl (C=O) groups is 3. The number of thiophene rings is 1. The summed E-state index contributed by atoms with van der Waals surface area (Å²) >= 11 is 10.9. The van der Waals surface area contributed by atoms with Crippen LogP contribution in [-0.2, 0) is 14.3 Å². The molecule has 0 spiro atoms. The van der Waals surface area contributed by atoms with Gasteiger partial charge in [0, 0.05) is 15.5 Å². The van der Waals surface area contributed by atoms with Gasteiger partial charge in [0.2, 0.25) is 5.91 Å². The van der Waals surface area contributed by atoms with E-state index in [-0.39, 0.29) is 12.5 Å². The molecule has 0 aliphatic rings. The van der Waals surface area contributed by atoms with Gasteiger partial charge in [0.25, 0.3) is 5.91 Å². The van der Waals surface area contributed by atoms with Crippen LogP contribution < -0.4 is 10.6 Å². The average Bonchev–Trinajstić information content (AvgIpc) is 3.39. The number of fused-ring (bicyclic) bond motifs is 1. The van der Waals surface area contributed by atoms with E-state index in [2.05, 4.69) is 31.7 Å². The molecule has 2 aromatic carbocycles. The van der Waals surface area contributed by atoms with E-state index < -0.39 is 18.5 Å². The highest BCUT2D eigenvalue weighted by Crippen LogP contribution is 2.32. The van der Waals surface area contributed by atoms with Crippen molar-refractivity contribution in [2.75, 3.05) is 18.5 Å². The van der Waals surface area contributed by atoms with E-state index in [9.17, 15) is 14.4 Å². The summed E-state index contributed by atoms with van der Waals surface area (Å²) in [5.74, 6) is -1.61. The standard InChI is InChI=1S/C24H20BrClN4O4S/c1-13-9-15(25)7-8-18(13)28-21(31)11-27-22(32)12-34-24(33)20-10-16-14(2)29-30(23(16)35-20)19-6-4-3-5-17(19)26/h3-10H,11-12H2,1-2H3,(H,27,32)(H,28,31). The Labute approximate surface area is 218 Å². The van der Waals surface area contributed by atoms with Gasteiger partial charge in [-0.3, -0.25) is 9.59 Å². The number of hydrogen-bond donors (Lipinski definition) is 2. The second-order valence-electron chi connectivity index (χ2n) is 7.64. The Morgan fingerprint density at radius 1 is 1.11 bits per heavy atom. The lowest BCUT2D eigenvalue weighted by Gasteiger charge is -2.10. The van der Waals surface area contributed by atoms with Crippen molar-refractivity contribution in [1.29, 1.82) is 0 Å². The maximum absolute atomic E-state index is 12.6. The van der Waals surface area contributed by atoms with Crippen molar-refractivity contribution >= 4 is 72.6 Å². The molecule has 0 aliphatic carbocycles. The molecule has 35 heavy (non-hydrogen) atoms. The Morgan fingerprint density at radius 2 is 1.89 bits per heavy atom. The highest BCUT2D eigenvalue weighted by atomic mass is 79.9. The van der Waals surface area contributed by atoms with Crippen LogP contribution in [0.1, 0.15) is 20.9 Å². The molecule has 0 fully saturated rings. The maximum atomic E-state index is 12.6. The molecule has 4 aromatic rings. The lowest BCUT2D eigenvalue weighted by atomic mass is 10.2. The molecule has 0 radical (unpaired) electrons. The second-order valence-corrected chi connectivity index (χ2v) is 9.99. The zero-order valence-corrected chi connectivity index (χ0v) is 21.9. The number of rotatable bonds is 7. The van der Waals surface area contributed by atoms with Crippen molar-refractivity contribution in [3.63, 3.8) is 0 Å². The first kappa shape index (κ1) is 24.9. The van der Waals surface area contributed by atoms with Crippen LogP contribution in [0.5, 0.6) is 0 Å². The summed E-state index contributed by atoms with van der Waals surface area (Å²) in [6, 6.07) is 14.4. The van der Waals surface area contributed by atoms with E-state index in [1.165, 1.54) is 11.3 Å². The minimum absolute atomic E-state index is 0.248. The lowest BCUT2D eigenvalue weighted by Crippen LogP contribution is -2.35. The molecule has 2 amide bonds. The number of ether oxygens (including phenoxy) is 1. The van der Waals surface area contributed by atoms with Crippen molar-refractivity contribution in [3.05, 3.63) is 74.2 Å². The Hall–Kier alpha value is -3.21. The van der Waals surface area contributed by atoms with Crippen LogP contribution in [0, 0.1) is 13.8 Å². The van der Waals surface area contributed by atoms with Gasteiger partial charge >= 0.3 is 5.97 Å². The maximum Gasteiger partial charge on any atom is 0.348 e.